The summed E-state index contributed by atoms with van der Waals surface area (Å²) in [6.45, 7) is 6.30. The van der Waals surface area contributed by atoms with Crippen LogP contribution in [0.4, 0.5) is 0 Å². The molecule has 7 heteroatoms. The summed E-state index contributed by atoms with van der Waals surface area (Å²) in [5.41, 5.74) is 0.332. The maximum atomic E-state index is 12.3. The zero-order valence-electron chi connectivity index (χ0n) is 13.2. The van der Waals surface area contributed by atoms with E-state index in [1.807, 2.05) is 11.5 Å². The summed E-state index contributed by atoms with van der Waals surface area (Å²) >= 11 is 0. The minimum atomic E-state index is -0.363. The lowest BCUT2D eigenvalue weighted by Crippen LogP contribution is -2.31. The Balaban J connectivity index is 2.24. The highest BCUT2D eigenvalue weighted by Gasteiger charge is 2.25. The molecule has 0 spiro atoms. The summed E-state index contributed by atoms with van der Waals surface area (Å²) in [5.74, 6) is 0.872. The number of fused-ring (bicyclic) bond motifs is 1. The third-order valence-corrected chi connectivity index (χ3v) is 4.34. The topological polar surface area (TPSA) is 84.7 Å². The van der Waals surface area contributed by atoms with Gasteiger partial charge < -0.3 is 9.88 Å². The molecule has 7 nitrogen and oxygen atoms in total. The van der Waals surface area contributed by atoms with Gasteiger partial charge in [0.25, 0.3) is 5.56 Å². The molecule has 2 aromatic rings. The van der Waals surface area contributed by atoms with E-state index >= 15 is 0 Å². The molecule has 1 unspecified atom stereocenters. The van der Waals surface area contributed by atoms with Gasteiger partial charge in [-0.25, -0.2) is 9.78 Å². The summed E-state index contributed by atoms with van der Waals surface area (Å²) in [7, 11) is 0. The van der Waals surface area contributed by atoms with Gasteiger partial charge in [-0.2, -0.15) is 0 Å². The van der Waals surface area contributed by atoms with Crippen LogP contribution in [0.1, 0.15) is 51.4 Å². The zero-order valence-corrected chi connectivity index (χ0v) is 13.2. The molecule has 120 valence electrons. The van der Waals surface area contributed by atoms with Gasteiger partial charge in [-0.05, 0) is 32.7 Å². The smallest absolute Gasteiger partial charge is 0.321 e. The van der Waals surface area contributed by atoms with E-state index in [2.05, 4.69) is 22.2 Å². The first-order valence-corrected chi connectivity index (χ1v) is 8.14. The Morgan fingerprint density at radius 2 is 2.09 bits per heavy atom. The largest absolute Gasteiger partial charge is 0.330 e. The van der Waals surface area contributed by atoms with E-state index in [4.69, 9.17) is 0 Å². The molecule has 2 N–H and O–H groups in total. The highest BCUT2D eigenvalue weighted by molar-refractivity contribution is 5.71. The Bertz CT molecular complexity index is 780. The number of unbranched alkanes of at least 4 members (excludes halogenated alkanes) is 1. The monoisotopic (exact) mass is 305 g/mol. The lowest BCUT2D eigenvalue weighted by molar-refractivity contribution is 0.564. The quantitative estimate of drug-likeness (QED) is 0.867. The molecule has 3 heterocycles. The Hall–Kier alpha value is -1.89. The fraction of sp³-hybridized carbons (Fsp3) is 0.667. The molecule has 1 aliphatic rings. The van der Waals surface area contributed by atoms with Crippen molar-refractivity contribution in [1.82, 2.24) is 24.4 Å². The summed E-state index contributed by atoms with van der Waals surface area (Å²) in [4.78, 5) is 31.5. The van der Waals surface area contributed by atoms with Gasteiger partial charge in [0.2, 0.25) is 0 Å². The second-order valence-electron chi connectivity index (χ2n) is 5.80. The Morgan fingerprint density at radius 3 is 2.73 bits per heavy atom. The van der Waals surface area contributed by atoms with Crippen molar-refractivity contribution in [3.8, 4) is 0 Å². The molecule has 0 saturated carbocycles. The number of nitrogens with one attached hydrogen (secondary N) is 2. The highest BCUT2D eigenvalue weighted by Crippen LogP contribution is 2.24. The van der Waals surface area contributed by atoms with Crippen LogP contribution in [0.5, 0.6) is 0 Å². The number of aromatic nitrogens is 4. The number of hydrogen-bond donors (Lipinski definition) is 2. The van der Waals surface area contributed by atoms with E-state index in [1.54, 1.807) is 4.57 Å². The van der Waals surface area contributed by atoms with Gasteiger partial charge in [-0.1, -0.05) is 13.3 Å². The minimum Gasteiger partial charge on any atom is -0.321 e. The van der Waals surface area contributed by atoms with E-state index in [0.29, 0.717) is 24.3 Å². The maximum Gasteiger partial charge on any atom is 0.330 e. The normalized spacial score (nSPS) is 18.4. The van der Waals surface area contributed by atoms with E-state index in [1.165, 1.54) is 0 Å². The SMILES string of the molecule is CCCCn1c(=O)[nH]c(=O)c2c1nc(C1CCCN1)n2CC. The summed E-state index contributed by atoms with van der Waals surface area (Å²) in [6, 6.07) is 0.168. The molecule has 0 amide bonds. The van der Waals surface area contributed by atoms with Crippen LogP contribution in [-0.2, 0) is 13.1 Å². The first kappa shape index (κ1) is 15.0. The number of aryl methyl sites for hydroxylation is 2. The third kappa shape index (κ3) is 2.39. The van der Waals surface area contributed by atoms with Crippen molar-refractivity contribution in [1.29, 1.82) is 0 Å². The molecule has 1 atom stereocenters. The molecule has 2 aromatic heterocycles. The standard InChI is InChI=1S/C15H23N5O2/c1-3-5-9-20-13-11(14(21)18-15(20)22)19(4-2)12(17-13)10-7-6-8-16-10/h10,16H,3-9H2,1-2H3,(H,18,21,22). The second kappa shape index (κ2) is 6.08. The molecule has 0 radical (unpaired) electrons. The minimum absolute atomic E-state index is 0.168. The fourth-order valence-corrected chi connectivity index (χ4v) is 3.20. The van der Waals surface area contributed by atoms with Gasteiger partial charge in [0, 0.05) is 13.1 Å². The predicted molar refractivity (Wildman–Crippen MR) is 85.2 cm³/mol. The van der Waals surface area contributed by atoms with Crippen LogP contribution < -0.4 is 16.6 Å². The first-order valence-electron chi connectivity index (χ1n) is 8.14. The van der Waals surface area contributed by atoms with Crippen molar-refractivity contribution in [2.24, 2.45) is 0 Å². The second-order valence-corrected chi connectivity index (χ2v) is 5.80. The van der Waals surface area contributed by atoms with E-state index in [0.717, 1.165) is 38.1 Å². The van der Waals surface area contributed by atoms with Crippen molar-refractivity contribution in [3.63, 3.8) is 0 Å². The van der Waals surface area contributed by atoms with Gasteiger partial charge in [0.15, 0.2) is 11.2 Å². The number of imidazole rings is 1. The molecule has 3 rings (SSSR count). The van der Waals surface area contributed by atoms with Crippen LogP contribution in [-0.4, -0.2) is 25.6 Å². The Morgan fingerprint density at radius 1 is 1.27 bits per heavy atom. The lowest BCUT2D eigenvalue weighted by Gasteiger charge is -2.11. The molecule has 0 aromatic carbocycles. The number of H-pyrrole nitrogens is 1. The molecule has 0 aliphatic carbocycles. The zero-order chi connectivity index (χ0) is 15.7. The van der Waals surface area contributed by atoms with Crippen LogP contribution in [0.15, 0.2) is 9.59 Å². The lowest BCUT2D eigenvalue weighted by atomic mass is 10.2. The van der Waals surface area contributed by atoms with Crippen LogP contribution in [0.3, 0.4) is 0 Å². The number of aromatic amines is 1. The summed E-state index contributed by atoms with van der Waals surface area (Å²) in [5, 5.41) is 3.42. The van der Waals surface area contributed by atoms with Gasteiger partial charge in [-0.3, -0.25) is 14.3 Å². The molecule has 1 saturated heterocycles. The molecule has 22 heavy (non-hydrogen) atoms. The van der Waals surface area contributed by atoms with Gasteiger partial charge in [0.1, 0.15) is 5.82 Å². The Labute approximate surface area is 128 Å². The number of nitrogens with zero attached hydrogens (tertiary/aromatic N) is 3. The van der Waals surface area contributed by atoms with E-state index < -0.39 is 0 Å². The van der Waals surface area contributed by atoms with Crippen LogP contribution >= 0.6 is 0 Å². The van der Waals surface area contributed by atoms with E-state index in [-0.39, 0.29) is 17.3 Å². The average Bonchev–Trinajstić information content (AvgIpc) is 3.13. The van der Waals surface area contributed by atoms with Crippen molar-refractivity contribution in [2.45, 2.75) is 58.7 Å². The molecule has 1 aliphatic heterocycles. The molecular weight excluding hydrogens is 282 g/mol. The predicted octanol–water partition coefficient (Wildman–Crippen LogP) is 1.13. The summed E-state index contributed by atoms with van der Waals surface area (Å²) < 4.78 is 3.55. The molecule has 0 bridgehead atoms. The summed E-state index contributed by atoms with van der Waals surface area (Å²) in [6.07, 6.45) is 3.99. The number of hydrogen-bond acceptors (Lipinski definition) is 4. The molecule has 1 fully saturated rings. The first-order chi connectivity index (χ1) is 10.7. The number of rotatable bonds is 5. The van der Waals surface area contributed by atoms with Crippen molar-refractivity contribution in [2.75, 3.05) is 6.54 Å². The van der Waals surface area contributed by atoms with Crippen LogP contribution in [0.25, 0.3) is 11.2 Å². The highest BCUT2D eigenvalue weighted by atomic mass is 16.2. The van der Waals surface area contributed by atoms with Crippen molar-refractivity contribution in [3.05, 3.63) is 26.7 Å². The average molecular weight is 305 g/mol. The van der Waals surface area contributed by atoms with Crippen molar-refractivity contribution >= 4 is 11.2 Å². The molecular formula is C15H23N5O2. The third-order valence-electron chi connectivity index (χ3n) is 4.34. The fourth-order valence-electron chi connectivity index (χ4n) is 3.20. The van der Waals surface area contributed by atoms with Crippen LogP contribution in [0, 0.1) is 0 Å². The van der Waals surface area contributed by atoms with Gasteiger partial charge in [-0.15, -0.1) is 0 Å². The van der Waals surface area contributed by atoms with Crippen LogP contribution in [0.2, 0.25) is 0 Å². The van der Waals surface area contributed by atoms with Gasteiger partial charge in [0.05, 0.1) is 6.04 Å². The van der Waals surface area contributed by atoms with Gasteiger partial charge >= 0.3 is 5.69 Å². The Kier molecular flexibility index (Phi) is 4.15. The van der Waals surface area contributed by atoms with Crippen molar-refractivity contribution < 1.29 is 0 Å². The van der Waals surface area contributed by atoms with E-state index in [9.17, 15) is 9.59 Å². The maximum absolute atomic E-state index is 12.3.